The van der Waals surface area contributed by atoms with Crippen molar-refractivity contribution in [1.29, 1.82) is 0 Å². The number of aromatic carboxylic acids is 1. The third-order valence-corrected chi connectivity index (χ3v) is 1.72. The lowest BCUT2D eigenvalue weighted by atomic mass is 10.1. The van der Waals surface area contributed by atoms with Gasteiger partial charge in [0.25, 0.3) is 0 Å². The van der Waals surface area contributed by atoms with E-state index in [9.17, 15) is 4.79 Å². The van der Waals surface area contributed by atoms with Crippen LogP contribution in [0.15, 0.2) is 18.2 Å². The Kier molecular flexibility index (Phi) is 3.72. The van der Waals surface area contributed by atoms with E-state index in [0.29, 0.717) is 11.3 Å². The van der Waals surface area contributed by atoms with Crippen LogP contribution in [0.1, 0.15) is 15.9 Å². The summed E-state index contributed by atoms with van der Waals surface area (Å²) < 4.78 is 9.85. The van der Waals surface area contributed by atoms with E-state index in [-0.39, 0.29) is 12.4 Å². The summed E-state index contributed by atoms with van der Waals surface area (Å²) in [5.74, 6) is 1.70. The second kappa shape index (κ2) is 5.03. The van der Waals surface area contributed by atoms with Crippen molar-refractivity contribution >= 4 is 5.97 Å². The van der Waals surface area contributed by atoms with Crippen LogP contribution in [0.25, 0.3) is 0 Å². The third-order valence-electron chi connectivity index (χ3n) is 1.72. The fourth-order valence-electron chi connectivity index (χ4n) is 1.02. The largest absolute Gasteiger partial charge is 0.478 e. The zero-order chi connectivity index (χ0) is 11.3. The van der Waals surface area contributed by atoms with E-state index in [1.165, 1.54) is 25.3 Å². The predicted molar refractivity (Wildman–Crippen MR) is 53.8 cm³/mol. The number of carboxylic acid groups (broad SMARTS) is 1. The summed E-state index contributed by atoms with van der Waals surface area (Å²) in [7, 11) is 1.47. The summed E-state index contributed by atoms with van der Waals surface area (Å²) >= 11 is 0. The average Bonchev–Trinajstić information content (AvgIpc) is 2.25. The Morgan fingerprint density at radius 1 is 1.60 bits per heavy atom. The Hall–Kier alpha value is -1.99. The van der Waals surface area contributed by atoms with Crippen molar-refractivity contribution in [3.8, 4) is 18.1 Å². The van der Waals surface area contributed by atoms with Crippen molar-refractivity contribution in [2.75, 3.05) is 13.9 Å². The molecule has 78 valence electrons. The SMILES string of the molecule is C#Cc1ccc(C(=O)O)cc1OCOC. The fourth-order valence-corrected chi connectivity index (χ4v) is 1.02. The molecule has 4 heteroatoms. The number of ether oxygens (including phenoxy) is 2. The van der Waals surface area contributed by atoms with Gasteiger partial charge in [0.15, 0.2) is 6.79 Å². The van der Waals surface area contributed by atoms with Crippen LogP contribution in [0.4, 0.5) is 0 Å². The molecule has 0 heterocycles. The van der Waals surface area contributed by atoms with Crippen LogP contribution in [0.3, 0.4) is 0 Å². The Morgan fingerprint density at radius 3 is 2.87 bits per heavy atom. The number of hydrogen-bond donors (Lipinski definition) is 1. The van der Waals surface area contributed by atoms with Crippen molar-refractivity contribution in [3.63, 3.8) is 0 Å². The first-order valence-corrected chi connectivity index (χ1v) is 4.14. The molecular formula is C11H10O4. The van der Waals surface area contributed by atoms with E-state index in [1.807, 2.05) is 0 Å². The molecule has 4 nitrogen and oxygen atoms in total. The summed E-state index contributed by atoms with van der Waals surface area (Å²) in [5.41, 5.74) is 0.622. The zero-order valence-corrected chi connectivity index (χ0v) is 8.19. The monoisotopic (exact) mass is 206 g/mol. The molecular weight excluding hydrogens is 196 g/mol. The first-order valence-electron chi connectivity index (χ1n) is 4.14. The molecule has 1 N–H and O–H groups in total. The summed E-state index contributed by atoms with van der Waals surface area (Å²) in [6, 6.07) is 4.32. The number of methoxy groups -OCH3 is 1. The molecule has 0 radical (unpaired) electrons. The number of rotatable bonds is 4. The van der Waals surface area contributed by atoms with Gasteiger partial charge in [-0.15, -0.1) is 6.42 Å². The number of carbonyl (C=O) groups is 1. The molecule has 0 fully saturated rings. The van der Waals surface area contributed by atoms with Gasteiger partial charge in [-0.3, -0.25) is 0 Å². The van der Waals surface area contributed by atoms with Crippen LogP contribution in [0, 0.1) is 12.3 Å². The first-order chi connectivity index (χ1) is 7.19. The Bertz CT molecular complexity index is 404. The number of benzene rings is 1. The minimum atomic E-state index is -1.03. The molecule has 1 aromatic carbocycles. The van der Waals surface area contributed by atoms with E-state index >= 15 is 0 Å². The summed E-state index contributed by atoms with van der Waals surface area (Å²) in [6.07, 6.45) is 5.23. The molecule has 0 aliphatic rings. The average molecular weight is 206 g/mol. The van der Waals surface area contributed by atoms with E-state index in [4.69, 9.17) is 21.0 Å². The predicted octanol–water partition coefficient (Wildman–Crippen LogP) is 1.35. The summed E-state index contributed by atoms with van der Waals surface area (Å²) in [4.78, 5) is 10.7. The maximum absolute atomic E-state index is 10.7. The maximum Gasteiger partial charge on any atom is 0.335 e. The van der Waals surface area contributed by atoms with E-state index in [1.54, 1.807) is 0 Å². The smallest absolute Gasteiger partial charge is 0.335 e. The minimum absolute atomic E-state index is 0.0255. The van der Waals surface area contributed by atoms with Crippen molar-refractivity contribution in [2.24, 2.45) is 0 Å². The molecule has 0 amide bonds. The molecule has 1 rings (SSSR count). The third kappa shape index (κ3) is 2.73. The Morgan fingerprint density at radius 2 is 2.33 bits per heavy atom. The first kappa shape index (κ1) is 11.1. The second-order valence-electron chi connectivity index (χ2n) is 2.71. The second-order valence-corrected chi connectivity index (χ2v) is 2.71. The number of hydrogen-bond acceptors (Lipinski definition) is 3. The molecule has 0 aromatic heterocycles. The molecule has 0 aliphatic heterocycles. The van der Waals surface area contributed by atoms with Gasteiger partial charge in [0.2, 0.25) is 0 Å². The number of carboxylic acids is 1. The van der Waals surface area contributed by atoms with Crippen LogP contribution in [-0.2, 0) is 4.74 Å². The molecule has 1 aromatic rings. The summed E-state index contributed by atoms with van der Waals surface area (Å²) in [6.45, 7) is 0.0255. The van der Waals surface area contributed by atoms with Crippen LogP contribution >= 0.6 is 0 Å². The summed E-state index contributed by atoms with van der Waals surface area (Å²) in [5, 5.41) is 8.76. The molecule has 0 bridgehead atoms. The molecule has 15 heavy (non-hydrogen) atoms. The van der Waals surface area contributed by atoms with Gasteiger partial charge in [-0.25, -0.2) is 4.79 Å². The van der Waals surface area contributed by atoms with E-state index in [0.717, 1.165) is 0 Å². The Labute approximate surface area is 87.4 Å². The van der Waals surface area contributed by atoms with Crippen LogP contribution in [-0.4, -0.2) is 25.0 Å². The standard InChI is InChI=1S/C11H10O4/c1-3-8-4-5-9(11(12)13)6-10(8)15-7-14-2/h1,4-6H,7H2,2H3,(H,12,13). The van der Waals surface area contributed by atoms with Gasteiger partial charge >= 0.3 is 5.97 Å². The molecule has 0 spiro atoms. The molecule has 0 atom stereocenters. The highest BCUT2D eigenvalue weighted by molar-refractivity contribution is 5.88. The lowest BCUT2D eigenvalue weighted by Crippen LogP contribution is -2.03. The highest BCUT2D eigenvalue weighted by Crippen LogP contribution is 2.19. The van der Waals surface area contributed by atoms with Crippen molar-refractivity contribution in [3.05, 3.63) is 29.3 Å². The minimum Gasteiger partial charge on any atom is -0.478 e. The van der Waals surface area contributed by atoms with E-state index < -0.39 is 5.97 Å². The van der Waals surface area contributed by atoms with Gasteiger partial charge in [0.05, 0.1) is 11.1 Å². The van der Waals surface area contributed by atoms with Gasteiger partial charge in [0.1, 0.15) is 5.75 Å². The molecule has 0 unspecified atom stereocenters. The highest BCUT2D eigenvalue weighted by Gasteiger charge is 2.07. The van der Waals surface area contributed by atoms with Gasteiger partial charge in [-0.1, -0.05) is 5.92 Å². The number of terminal acetylenes is 1. The highest BCUT2D eigenvalue weighted by atomic mass is 16.7. The lowest BCUT2D eigenvalue weighted by molar-refractivity contribution is 0.0505. The molecule has 0 saturated heterocycles. The topological polar surface area (TPSA) is 55.8 Å². The Balaban J connectivity index is 3.03. The zero-order valence-electron chi connectivity index (χ0n) is 8.19. The quantitative estimate of drug-likeness (QED) is 0.596. The fraction of sp³-hybridized carbons (Fsp3) is 0.182. The van der Waals surface area contributed by atoms with Gasteiger partial charge in [-0.05, 0) is 18.2 Å². The van der Waals surface area contributed by atoms with Gasteiger partial charge in [0, 0.05) is 7.11 Å². The van der Waals surface area contributed by atoms with Gasteiger partial charge in [-0.2, -0.15) is 0 Å². The van der Waals surface area contributed by atoms with Crippen molar-refractivity contribution in [2.45, 2.75) is 0 Å². The van der Waals surface area contributed by atoms with Crippen LogP contribution in [0.5, 0.6) is 5.75 Å². The maximum atomic E-state index is 10.7. The van der Waals surface area contributed by atoms with Crippen molar-refractivity contribution in [1.82, 2.24) is 0 Å². The van der Waals surface area contributed by atoms with Crippen molar-refractivity contribution < 1.29 is 19.4 Å². The van der Waals surface area contributed by atoms with E-state index in [2.05, 4.69) is 5.92 Å². The lowest BCUT2D eigenvalue weighted by Gasteiger charge is -2.07. The van der Waals surface area contributed by atoms with Crippen LogP contribution in [0.2, 0.25) is 0 Å². The van der Waals surface area contributed by atoms with Gasteiger partial charge < -0.3 is 14.6 Å². The van der Waals surface area contributed by atoms with Crippen LogP contribution < -0.4 is 4.74 Å². The molecule has 0 saturated carbocycles. The molecule has 0 aliphatic carbocycles. The normalized spacial score (nSPS) is 9.33.